The number of carboxylic acid groups (broad SMARTS) is 1. The van der Waals surface area contributed by atoms with Crippen LogP contribution in [-0.2, 0) is 30.6 Å². The molecular weight excluding hydrogens is 583 g/mol. The molecular formula is C22H25N9O6S3. The number of β-lactam (4-membered cyclic amide) rings is 1. The zero-order valence-corrected chi connectivity index (χ0v) is 23.6. The number of allylic oxidation sites excluding steroid dienone is 1. The third-order valence-corrected chi connectivity index (χ3v) is 8.76. The van der Waals surface area contributed by atoms with Gasteiger partial charge in [0.25, 0.3) is 11.8 Å². The number of rotatable bonds is 15. The summed E-state index contributed by atoms with van der Waals surface area (Å²) in [4.78, 5) is 59.9. The van der Waals surface area contributed by atoms with Crippen LogP contribution in [0.5, 0.6) is 0 Å². The minimum Gasteiger partial charge on any atom is -0.477 e. The van der Waals surface area contributed by atoms with Crippen molar-refractivity contribution in [2.45, 2.75) is 42.9 Å². The fourth-order valence-corrected chi connectivity index (χ4v) is 6.74. The maximum Gasteiger partial charge on any atom is 0.352 e. The summed E-state index contributed by atoms with van der Waals surface area (Å²) in [5.74, 6) is -1.93. The van der Waals surface area contributed by atoms with Gasteiger partial charge in [-0.2, -0.15) is 0 Å². The summed E-state index contributed by atoms with van der Waals surface area (Å²) in [6.07, 6.45) is 3.68. The minimum atomic E-state index is -1.24. The summed E-state index contributed by atoms with van der Waals surface area (Å²) in [6.45, 7) is 6.31. The van der Waals surface area contributed by atoms with Crippen molar-refractivity contribution >= 4 is 69.9 Å². The lowest BCUT2D eigenvalue weighted by Gasteiger charge is -2.49. The lowest BCUT2D eigenvalue weighted by Crippen LogP contribution is -2.71. The van der Waals surface area contributed by atoms with Crippen LogP contribution in [0, 0.1) is 0 Å². The number of thioether (sulfide) groups is 2. The number of nitrogens with zero attached hydrogens (tertiary/aromatic N) is 7. The van der Waals surface area contributed by atoms with Crippen molar-refractivity contribution in [3.63, 3.8) is 0 Å². The molecule has 1 unspecified atom stereocenters. The molecule has 40 heavy (non-hydrogen) atoms. The Labute approximate surface area is 240 Å². The summed E-state index contributed by atoms with van der Waals surface area (Å²) in [5, 5.41) is 32.0. The Hall–Kier alpha value is -3.77. The summed E-state index contributed by atoms with van der Waals surface area (Å²) in [6, 6.07) is -0.979. The normalized spacial score (nSPS) is 18.6. The lowest BCUT2D eigenvalue weighted by molar-refractivity contribution is -0.150. The fourth-order valence-electron chi connectivity index (χ4n) is 3.72. The van der Waals surface area contributed by atoms with Crippen LogP contribution < -0.4 is 10.6 Å². The quantitative estimate of drug-likeness (QED) is 0.0494. The SMILES string of the molecule is C=CCn1nnnc1SCC1=C(C(=O)O)N2C(=O)C(NC(=O)/C(=N/OCCCC)c3csc(NC=O)n3)[C@H]2SC1. The van der Waals surface area contributed by atoms with Crippen LogP contribution in [0.2, 0.25) is 0 Å². The number of unbranched alkanes of at least 4 members (excludes halogenated alkanes) is 1. The van der Waals surface area contributed by atoms with Gasteiger partial charge in [-0.1, -0.05) is 36.3 Å². The molecule has 0 aliphatic carbocycles. The van der Waals surface area contributed by atoms with Gasteiger partial charge in [0.15, 0.2) is 10.8 Å². The zero-order valence-electron chi connectivity index (χ0n) is 21.2. The van der Waals surface area contributed by atoms with E-state index in [9.17, 15) is 24.3 Å². The summed E-state index contributed by atoms with van der Waals surface area (Å²) >= 11 is 3.68. The highest BCUT2D eigenvalue weighted by Gasteiger charge is 2.54. The van der Waals surface area contributed by atoms with Gasteiger partial charge >= 0.3 is 5.97 Å². The molecule has 0 bridgehead atoms. The number of hydrogen-bond donors (Lipinski definition) is 3. The summed E-state index contributed by atoms with van der Waals surface area (Å²) in [5.41, 5.74) is 0.416. The average Bonchev–Trinajstić information content (AvgIpc) is 3.59. The largest absolute Gasteiger partial charge is 0.477 e. The van der Waals surface area contributed by atoms with Gasteiger partial charge in [0.05, 0.1) is 6.54 Å². The first-order valence-electron chi connectivity index (χ1n) is 12.0. The highest BCUT2D eigenvalue weighted by Crippen LogP contribution is 2.41. The molecule has 1 fully saturated rings. The Morgan fingerprint density at radius 2 is 2.25 bits per heavy atom. The monoisotopic (exact) mass is 607 g/mol. The van der Waals surface area contributed by atoms with Crippen molar-refractivity contribution in [2.24, 2.45) is 5.16 Å². The van der Waals surface area contributed by atoms with E-state index in [0.29, 0.717) is 29.4 Å². The van der Waals surface area contributed by atoms with E-state index in [1.54, 1.807) is 6.08 Å². The molecule has 0 aromatic carbocycles. The van der Waals surface area contributed by atoms with Gasteiger partial charge in [-0.25, -0.2) is 14.5 Å². The van der Waals surface area contributed by atoms with Gasteiger partial charge in [0.1, 0.15) is 29.4 Å². The highest BCUT2D eigenvalue weighted by atomic mass is 32.2. The van der Waals surface area contributed by atoms with Gasteiger partial charge in [0, 0.05) is 16.9 Å². The van der Waals surface area contributed by atoms with Crippen molar-refractivity contribution in [2.75, 3.05) is 23.4 Å². The summed E-state index contributed by atoms with van der Waals surface area (Å²) < 4.78 is 1.53. The maximum absolute atomic E-state index is 13.2. The van der Waals surface area contributed by atoms with Gasteiger partial charge in [0.2, 0.25) is 11.6 Å². The van der Waals surface area contributed by atoms with Crippen LogP contribution in [0.25, 0.3) is 0 Å². The number of carbonyl (C=O) groups excluding carboxylic acids is 3. The van der Waals surface area contributed by atoms with Gasteiger partial charge in [-0.3, -0.25) is 19.3 Å². The van der Waals surface area contributed by atoms with E-state index in [1.807, 2.05) is 6.92 Å². The molecule has 0 spiro atoms. The molecule has 4 rings (SSSR count). The number of aromatic nitrogens is 5. The number of anilines is 1. The van der Waals surface area contributed by atoms with Crippen LogP contribution in [0.3, 0.4) is 0 Å². The molecule has 0 saturated carbocycles. The third-order valence-electron chi connectivity index (χ3n) is 5.60. The topological polar surface area (TPSA) is 194 Å². The van der Waals surface area contributed by atoms with E-state index in [-0.39, 0.29) is 34.6 Å². The molecule has 3 N–H and O–H groups in total. The zero-order chi connectivity index (χ0) is 28.6. The second kappa shape index (κ2) is 13.5. The van der Waals surface area contributed by atoms with E-state index >= 15 is 0 Å². The van der Waals surface area contributed by atoms with Crippen LogP contribution in [0.15, 0.2) is 39.6 Å². The second-order valence-corrected chi connectivity index (χ2v) is 11.2. The molecule has 4 heterocycles. The predicted molar refractivity (Wildman–Crippen MR) is 148 cm³/mol. The number of aliphatic carboxylic acids is 1. The number of carbonyl (C=O) groups is 4. The predicted octanol–water partition coefficient (Wildman–Crippen LogP) is 0.936. The molecule has 18 heteroatoms. The van der Waals surface area contributed by atoms with Crippen LogP contribution in [-0.4, -0.2) is 94.6 Å². The standard InChI is InChI=1S/C22H25N9O6S3/c1-3-5-7-37-27-14(13-10-39-21(24-13)23-11-32)17(33)25-15-18(34)31-16(20(35)36)12(8-38-19(15)31)9-40-22-26-28-29-30(22)6-4-2/h4,10-11,15,19H,2-3,5-9H2,1H3,(H,25,33)(H,35,36)(H,23,24,32)/b27-14+/t15?,19-/m1/s1. The van der Waals surface area contributed by atoms with E-state index in [0.717, 1.165) is 24.2 Å². The lowest BCUT2D eigenvalue weighted by atomic mass is 10.0. The molecule has 212 valence electrons. The highest BCUT2D eigenvalue weighted by molar-refractivity contribution is 8.01. The van der Waals surface area contributed by atoms with Crippen molar-refractivity contribution in [3.8, 4) is 0 Å². The third kappa shape index (κ3) is 6.34. The molecule has 2 atom stereocenters. The first-order chi connectivity index (χ1) is 19.4. The van der Waals surface area contributed by atoms with Gasteiger partial charge in [-0.15, -0.1) is 34.8 Å². The minimum absolute atomic E-state index is 0.115. The van der Waals surface area contributed by atoms with E-state index in [2.05, 4.69) is 42.9 Å². The number of amides is 3. The van der Waals surface area contributed by atoms with Crippen molar-refractivity contribution < 1.29 is 29.1 Å². The fraction of sp³-hybridized carbons (Fsp3) is 0.409. The van der Waals surface area contributed by atoms with Gasteiger partial charge < -0.3 is 20.6 Å². The van der Waals surface area contributed by atoms with E-state index < -0.39 is 29.2 Å². The maximum atomic E-state index is 13.2. The van der Waals surface area contributed by atoms with E-state index in [1.165, 1.54) is 38.5 Å². The number of hydrogen-bond acceptors (Lipinski definition) is 13. The Balaban J connectivity index is 1.48. The van der Waals surface area contributed by atoms with Crippen LogP contribution in [0.4, 0.5) is 5.13 Å². The van der Waals surface area contributed by atoms with Crippen LogP contribution >= 0.6 is 34.9 Å². The van der Waals surface area contributed by atoms with Crippen molar-refractivity contribution in [1.82, 2.24) is 35.4 Å². The summed E-state index contributed by atoms with van der Waals surface area (Å²) in [7, 11) is 0. The first kappa shape index (κ1) is 29.2. The number of carboxylic acids is 1. The first-order valence-corrected chi connectivity index (χ1v) is 14.9. The Morgan fingerprint density at radius 1 is 1.43 bits per heavy atom. The molecule has 0 radical (unpaired) electrons. The van der Waals surface area contributed by atoms with Crippen LogP contribution in [0.1, 0.15) is 25.5 Å². The smallest absolute Gasteiger partial charge is 0.352 e. The van der Waals surface area contributed by atoms with Gasteiger partial charge in [-0.05, 0) is 22.4 Å². The molecule has 2 aromatic rings. The Bertz CT molecular complexity index is 1360. The number of thiazole rings is 1. The molecule has 3 amide bonds. The van der Waals surface area contributed by atoms with Crippen molar-refractivity contribution in [3.05, 3.63) is 35.0 Å². The molecule has 15 nitrogen and oxygen atoms in total. The van der Waals surface area contributed by atoms with Crippen molar-refractivity contribution in [1.29, 1.82) is 0 Å². The number of nitrogens with one attached hydrogen (secondary N) is 2. The Morgan fingerprint density at radius 3 is 2.98 bits per heavy atom. The molecule has 2 aliphatic rings. The second-order valence-electron chi connectivity index (χ2n) is 8.27. The average molecular weight is 608 g/mol. The molecule has 1 saturated heterocycles. The number of tetrazole rings is 1. The number of fused-ring (bicyclic) bond motifs is 1. The molecule has 2 aromatic heterocycles. The Kier molecular flexibility index (Phi) is 9.88. The van der Waals surface area contributed by atoms with E-state index in [4.69, 9.17) is 4.84 Å². The molecule has 2 aliphatic heterocycles. The number of oxime groups is 1.